The molecule has 0 fully saturated rings. The molecular formula is C14H20N2O3. The van der Waals surface area contributed by atoms with Gasteiger partial charge in [0.15, 0.2) is 0 Å². The molecular weight excluding hydrogens is 244 g/mol. The van der Waals surface area contributed by atoms with Crippen LogP contribution in [-0.2, 0) is 4.74 Å². The van der Waals surface area contributed by atoms with E-state index < -0.39 is 0 Å². The molecule has 0 heterocycles. The second-order valence-electron chi connectivity index (χ2n) is 4.16. The summed E-state index contributed by atoms with van der Waals surface area (Å²) in [5, 5.41) is 2.74. The summed E-state index contributed by atoms with van der Waals surface area (Å²) in [7, 11) is 1.71. The standard InChI is InChI=1S/C14H20N2O3/c1-4-10-19-13(17)11-6-8-12(9-7-11)15-14(18)16(3)5-2/h6-9H,4-5,10H2,1-3H3,(H,15,18). The second kappa shape index (κ2) is 7.41. The molecule has 0 bridgehead atoms. The van der Waals surface area contributed by atoms with Crippen LogP contribution in [0.15, 0.2) is 24.3 Å². The fourth-order valence-corrected chi connectivity index (χ4v) is 1.33. The van der Waals surface area contributed by atoms with E-state index in [1.165, 1.54) is 0 Å². The van der Waals surface area contributed by atoms with Gasteiger partial charge in [-0.3, -0.25) is 0 Å². The number of nitrogens with zero attached hydrogens (tertiary/aromatic N) is 1. The molecule has 19 heavy (non-hydrogen) atoms. The smallest absolute Gasteiger partial charge is 0.338 e. The van der Waals surface area contributed by atoms with Crippen molar-refractivity contribution in [2.45, 2.75) is 20.3 Å². The van der Waals surface area contributed by atoms with Gasteiger partial charge in [0.25, 0.3) is 0 Å². The van der Waals surface area contributed by atoms with Gasteiger partial charge in [0.2, 0.25) is 0 Å². The Morgan fingerprint density at radius 3 is 2.37 bits per heavy atom. The molecule has 1 N–H and O–H groups in total. The summed E-state index contributed by atoms with van der Waals surface area (Å²) < 4.78 is 5.02. The molecule has 0 saturated heterocycles. The molecule has 0 saturated carbocycles. The minimum absolute atomic E-state index is 0.177. The lowest BCUT2D eigenvalue weighted by atomic mass is 10.2. The van der Waals surface area contributed by atoms with Crippen molar-refractivity contribution in [1.82, 2.24) is 4.90 Å². The Hall–Kier alpha value is -2.04. The monoisotopic (exact) mass is 264 g/mol. The predicted molar refractivity (Wildman–Crippen MR) is 74.3 cm³/mol. The Balaban J connectivity index is 2.61. The highest BCUT2D eigenvalue weighted by atomic mass is 16.5. The van der Waals surface area contributed by atoms with Crippen LogP contribution in [0.1, 0.15) is 30.6 Å². The number of carbonyl (C=O) groups is 2. The SMILES string of the molecule is CCCOC(=O)c1ccc(NC(=O)N(C)CC)cc1. The molecule has 1 rings (SSSR count). The largest absolute Gasteiger partial charge is 0.462 e. The maximum absolute atomic E-state index is 11.6. The normalized spacial score (nSPS) is 9.84. The first kappa shape index (κ1) is 15.0. The van der Waals surface area contributed by atoms with Crippen molar-refractivity contribution in [2.24, 2.45) is 0 Å². The number of hydrogen-bond donors (Lipinski definition) is 1. The number of ether oxygens (including phenoxy) is 1. The van der Waals surface area contributed by atoms with Gasteiger partial charge >= 0.3 is 12.0 Å². The molecule has 5 heteroatoms. The number of anilines is 1. The zero-order valence-corrected chi connectivity index (χ0v) is 11.6. The lowest BCUT2D eigenvalue weighted by Crippen LogP contribution is -2.30. The number of urea groups is 1. The number of carbonyl (C=O) groups excluding carboxylic acids is 2. The van der Waals surface area contributed by atoms with Gasteiger partial charge in [0.1, 0.15) is 0 Å². The van der Waals surface area contributed by atoms with E-state index in [9.17, 15) is 9.59 Å². The summed E-state index contributed by atoms with van der Waals surface area (Å²) in [6, 6.07) is 6.47. The Morgan fingerprint density at radius 1 is 1.21 bits per heavy atom. The van der Waals surface area contributed by atoms with Crippen molar-refractivity contribution in [3.8, 4) is 0 Å². The minimum Gasteiger partial charge on any atom is -0.462 e. The third-order valence-corrected chi connectivity index (χ3v) is 2.63. The molecule has 1 aromatic carbocycles. The van der Waals surface area contributed by atoms with Gasteiger partial charge in [0.05, 0.1) is 12.2 Å². The molecule has 1 aromatic rings. The van der Waals surface area contributed by atoms with Crippen LogP contribution in [0.3, 0.4) is 0 Å². The summed E-state index contributed by atoms with van der Waals surface area (Å²) in [4.78, 5) is 24.8. The molecule has 104 valence electrons. The zero-order valence-electron chi connectivity index (χ0n) is 11.6. The lowest BCUT2D eigenvalue weighted by molar-refractivity contribution is 0.0505. The fraction of sp³-hybridized carbons (Fsp3) is 0.429. The van der Waals surface area contributed by atoms with Crippen LogP contribution in [0.4, 0.5) is 10.5 Å². The van der Waals surface area contributed by atoms with E-state index in [1.807, 2.05) is 13.8 Å². The van der Waals surface area contributed by atoms with Crippen LogP contribution < -0.4 is 5.32 Å². The molecule has 0 aliphatic carbocycles. The predicted octanol–water partition coefficient (Wildman–Crippen LogP) is 2.74. The van der Waals surface area contributed by atoms with Crippen molar-refractivity contribution in [2.75, 3.05) is 25.5 Å². The third-order valence-electron chi connectivity index (χ3n) is 2.63. The van der Waals surface area contributed by atoms with Crippen molar-refractivity contribution >= 4 is 17.7 Å². The lowest BCUT2D eigenvalue weighted by Gasteiger charge is -2.15. The maximum Gasteiger partial charge on any atom is 0.338 e. The number of esters is 1. The van der Waals surface area contributed by atoms with Crippen molar-refractivity contribution < 1.29 is 14.3 Å². The average molecular weight is 264 g/mol. The van der Waals surface area contributed by atoms with E-state index in [0.717, 1.165) is 6.42 Å². The molecule has 2 amide bonds. The Kier molecular flexibility index (Phi) is 5.85. The molecule has 0 aliphatic rings. The highest BCUT2D eigenvalue weighted by Gasteiger charge is 2.09. The molecule has 5 nitrogen and oxygen atoms in total. The van der Waals surface area contributed by atoms with Gasteiger partial charge in [-0.15, -0.1) is 0 Å². The third kappa shape index (κ3) is 4.62. The minimum atomic E-state index is -0.342. The number of benzene rings is 1. The van der Waals surface area contributed by atoms with Crippen LogP contribution in [-0.4, -0.2) is 37.1 Å². The summed E-state index contributed by atoms with van der Waals surface area (Å²) in [5.74, 6) is -0.342. The maximum atomic E-state index is 11.6. The summed E-state index contributed by atoms with van der Waals surface area (Å²) in [5.41, 5.74) is 1.13. The molecule has 0 aromatic heterocycles. The average Bonchev–Trinajstić information content (AvgIpc) is 2.44. The van der Waals surface area contributed by atoms with E-state index in [0.29, 0.717) is 24.4 Å². The molecule has 0 spiro atoms. The first-order valence-corrected chi connectivity index (χ1v) is 6.37. The first-order valence-electron chi connectivity index (χ1n) is 6.37. The van der Waals surface area contributed by atoms with Crippen LogP contribution in [0.25, 0.3) is 0 Å². The Bertz CT molecular complexity index is 429. The van der Waals surface area contributed by atoms with Crippen molar-refractivity contribution in [3.63, 3.8) is 0 Å². The molecule has 0 aliphatic heterocycles. The van der Waals surface area contributed by atoms with Gasteiger partial charge in [-0.25, -0.2) is 9.59 Å². The van der Waals surface area contributed by atoms with Crippen LogP contribution in [0, 0.1) is 0 Å². The number of nitrogens with one attached hydrogen (secondary N) is 1. The van der Waals surface area contributed by atoms with Crippen molar-refractivity contribution in [1.29, 1.82) is 0 Å². The summed E-state index contributed by atoms with van der Waals surface area (Å²) >= 11 is 0. The van der Waals surface area contributed by atoms with Crippen molar-refractivity contribution in [3.05, 3.63) is 29.8 Å². The van der Waals surface area contributed by atoms with Crippen LogP contribution in [0.5, 0.6) is 0 Å². The topological polar surface area (TPSA) is 58.6 Å². The molecule has 0 unspecified atom stereocenters. The second-order valence-corrected chi connectivity index (χ2v) is 4.16. The highest BCUT2D eigenvalue weighted by Crippen LogP contribution is 2.11. The van der Waals surface area contributed by atoms with Gasteiger partial charge in [-0.1, -0.05) is 6.92 Å². The number of rotatable bonds is 5. The van der Waals surface area contributed by atoms with E-state index in [4.69, 9.17) is 4.74 Å². The Morgan fingerprint density at radius 2 is 1.84 bits per heavy atom. The quantitative estimate of drug-likeness (QED) is 0.832. The van der Waals surface area contributed by atoms with Crippen LogP contribution in [0.2, 0.25) is 0 Å². The summed E-state index contributed by atoms with van der Waals surface area (Å²) in [6.45, 7) is 4.88. The van der Waals surface area contributed by atoms with Gasteiger partial charge in [0, 0.05) is 19.3 Å². The molecule has 0 radical (unpaired) electrons. The van der Waals surface area contributed by atoms with E-state index in [-0.39, 0.29) is 12.0 Å². The van der Waals surface area contributed by atoms with Gasteiger partial charge < -0.3 is 15.0 Å². The Labute approximate surface area is 113 Å². The van der Waals surface area contributed by atoms with Gasteiger partial charge in [-0.05, 0) is 37.6 Å². The number of amides is 2. The van der Waals surface area contributed by atoms with E-state index >= 15 is 0 Å². The fourth-order valence-electron chi connectivity index (χ4n) is 1.33. The molecule has 0 atom stereocenters. The zero-order chi connectivity index (χ0) is 14.3. The number of hydrogen-bond acceptors (Lipinski definition) is 3. The highest BCUT2D eigenvalue weighted by molar-refractivity contribution is 5.92. The van der Waals surface area contributed by atoms with E-state index in [2.05, 4.69) is 5.32 Å². The van der Waals surface area contributed by atoms with E-state index in [1.54, 1.807) is 36.2 Å². The van der Waals surface area contributed by atoms with Gasteiger partial charge in [-0.2, -0.15) is 0 Å². The first-order chi connectivity index (χ1) is 9.08. The summed E-state index contributed by atoms with van der Waals surface area (Å²) in [6.07, 6.45) is 0.795. The van der Waals surface area contributed by atoms with Crippen LogP contribution >= 0.6 is 0 Å².